The van der Waals surface area contributed by atoms with Crippen molar-refractivity contribution in [1.82, 2.24) is 20.3 Å². The van der Waals surface area contributed by atoms with Crippen molar-refractivity contribution in [1.29, 1.82) is 0 Å². The standard InChI is InChI=1S/C19H22N6O2/c1-13-12-24(17-5-3-4-6-18(17)27-2)9-10-25(13)19(26)20-14-7-8-15-16(11-14)22-23-21-15/h3-8,11,13H,9-10,12H2,1-2H3,(H,20,26)(H,21,22,23)/t13-/m1/s1. The highest BCUT2D eigenvalue weighted by Gasteiger charge is 2.28. The van der Waals surface area contributed by atoms with Gasteiger partial charge in [0.1, 0.15) is 16.8 Å². The summed E-state index contributed by atoms with van der Waals surface area (Å²) < 4.78 is 5.47. The molecule has 1 aliphatic rings. The van der Waals surface area contributed by atoms with E-state index >= 15 is 0 Å². The van der Waals surface area contributed by atoms with Gasteiger partial charge < -0.3 is 19.9 Å². The van der Waals surface area contributed by atoms with Gasteiger partial charge in [0.25, 0.3) is 0 Å². The summed E-state index contributed by atoms with van der Waals surface area (Å²) in [6, 6.07) is 13.4. The van der Waals surface area contributed by atoms with E-state index in [0.29, 0.717) is 12.2 Å². The zero-order valence-corrected chi connectivity index (χ0v) is 15.3. The number of carbonyl (C=O) groups excluding carboxylic acids is 1. The molecule has 3 aromatic rings. The molecule has 0 saturated carbocycles. The first-order valence-electron chi connectivity index (χ1n) is 8.92. The molecule has 2 aromatic carbocycles. The molecule has 1 aliphatic heterocycles. The second kappa shape index (κ2) is 7.14. The van der Waals surface area contributed by atoms with Crippen molar-refractivity contribution >= 4 is 28.4 Å². The smallest absolute Gasteiger partial charge is 0.322 e. The Balaban J connectivity index is 1.43. The Morgan fingerprint density at radius 1 is 1.19 bits per heavy atom. The second-order valence-corrected chi connectivity index (χ2v) is 6.62. The molecule has 1 aromatic heterocycles. The summed E-state index contributed by atoms with van der Waals surface area (Å²) in [5, 5.41) is 13.6. The second-order valence-electron chi connectivity index (χ2n) is 6.62. The third kappa shape index (κ3) is 3.38. The van der Waals surface area contributed by atoms with Gasteiger partial charge in [-0.15, -0.1) is 0 Å². The first-order valence-corrected chi connectivity index (χ1v) is 8.92. The van der Waals surface area contributed by atoms with E-state index in [2.05, 4.69) is 38.6 Å². The maximum absolute atomic E-state index is 12.7. The topological polar surface area (TPSA) is 86.4 Å². The van der Waals surface area contributed by atoms with Crippen LogP contribution in [0.25, 0.3) is 11.0 Å². The Labute approximate surface area is 157 Å². The van der Waals surface area contributed by atoms with Gasteiger partial charge in [-0.1, -0.05) is 12.1 Å². The molecule has 2 N–H and O–H groups in total. The van der Waals surface area contributed by atoms with E-state index in [-0.39, 0.29) is 12.1 Å². The van der Waals surface area contributed by atoms with E-state index in [1.54, 1.807) is 7.11 Å². The highest BCUT2D eigenvalue weighted by atomic mass is 16.5. The van der Waals surface area contributed by atoms with Crippen LogP contribution in [-0.2, 0) is 0 Å². The number of rotatable bonds is 3. The number of hydrogen-bond donors (Lipinski definition) is 2. The van der Waals surface area contributed by atoms with E-state index in [1.807, 2.05) is 41.3 Å². The molecule has 2 amide bonds. The van der Waals surface area contributed by atoms with Gasteiger partial charge in [0.05, 0.1) is 12.8 Å². The maximum Gasteiger partial charge on any atom is 0.322 e. The molecule has 4 rings (SSSR count). The molecule has 27 heavy (non-hydrogen) atoms. The van der Waals surface area contributed by atoms with Gasteiger partial charge in [-0.2, -0.15) is 15.4 Å². The van der Waals surface area contributed by atoms with Crippen LogP contribution in [-0.4, -0.2) is 59.1 Å². The van der Waals surface area contributed by atoms with Crippen LogP contribution in [0.1, 0.15) is 6.92 Å². The molecular formula is C19H22N6O2. The van der Waals surface area contributed by atoms with Crippen LogP contribution < -0.4 is 15.0 Å². The lowest BCUT2D eigenvalue weighted by Crippen LogP contribution is -2.55. The number of urea groups is 1. The minimum absolute atomic E-state index is 0.0689. The Morgan fingerprint density at radius 2 is 2.00 bits per heavy atom. The van der Waals surface area contributed by atoms with Crippen LogP contribution in [0.4, 0.5) is 16.2 Å². The molecule has 1 saturated heterocycles. The fourth-order valence-electron chi connectivity index (χ4n) is 3.48. The van der Waals surface area contributed by atoms with Crippen LogP contribution in [0.15, 0.2) is 42.5 Å². The van der Waals surface area contributed by atoms with Crippen molar-refractivity contribution in [3.8, 4) is 5.75 Å². The minimum Gasteiger partial charge on any atom is -0.495 e. The highest BCUT2D eigenvalue weighted by molar-refractivity contribution is 5.92. The molecule has 8 heteroatoms. The third-order valence-electron chi connectivity index (χ3n) is 4.88. The van der Waals surface area contributed by atoms with Gasteiger partial charge in [-0.25, -0.2) is 4.79 Å². The normalized spacial score (nSPS) is 17.2. The van der Waals surface area contributed by atoms with Crippen molar-refractivity contribution in [2.45, 2.75) is 13.0 Å². The summed E-state index contributed by atoms with van der Waals surface area (Å²) >= 11 is 0. The average molecular weight is 366 g/mol. The number of methoxy groups -OCH3 is 1. The van der Waals surface area contributed by atoms with Gasteiger partial charge in [0.2, 0.25) is 0 Å². The number of nitrogens with one attached hydrogen (secondary N) is 2. The molecule has 8 nitrogen and oxygen atoms in total. The van der Waals surface area contributed by atoms with Crippen LogP contribution in [0.2, 0.25) is 0 Å². The Hall–Kier alpha value is -3.29. The van der Waals surface area contributed by atoms with E-state index in [9.17, 15) is 4.79 Å². The minimum atomic E-state index is -0.106. The monoisotopic (exact) mass is 366 g/mol. The molecular weight excluding hydrogens is 344 g/mol. The Bertz CT molecular complexity index is 956. The molecule has 0 radical (unpaired) electrons. The zero-order chi connectivity index (χ0) is 18.8. The molecule has 0 aliphatic carbocycles. The predicted molar refractivity (Wildman–Crippen MR) is 104 cm³/mol. The van der Waals surface area contributed by atoms with E-state index in [0.717, 1.165) is 35.6 Å². The summed E-state index contributed by atoms with van der Waals surface area (Å²) in [4.78, 5) is 16.9. The van der Waals surface area contributed by atoms with E-state index in [4.69, 9.17) is 4.74 Å². The summed E-state index contributed by atoms with van der Waals surface area (Å²) in [6.07, 6.45) is 0. The number of ether oxygens (including phenoxy) is 1. The van der Waals surface area contributed by atoms with Crippen LogP contribution in [0.3, 0.4) is 0 Å². The quantitative estimate of drug-likeness (QED) is 0.744. The van der Waals surface area contributed by atoms with E-state index in [1.165, 1.54) is 0 Å². The summed E-state index contributed by atoms with van der Waals surface area (Å²) in [5.41, 5.74) is 3.26. The van der Waals surface area contributed by atoms with Gasteiger partial charge in [-0.3, -0.25) is 0 Å². The number of para-hydroxylation sites is 2. The molecule has 0 bridgehead atoms. The largest absolute Gasteiger partial charge is 0.495 e. The van der Waals surface area contributed by atoms with Crippen molar-refractivity contribution in [3.05, 3.63) is 42.5 Å². The number of anilines is 2. The Morgan fingerprint density at radius 3 is 2.81 bits per heavy atom. The molecule has 140 valence electrons. The third-order valence-corrected chi connectivity index (χ3v) is 4.88. The van der Waals surface area contributed by atoms with Crippen molar-refractivity contribution < 1.29 is 9.53 Å². The number of hydrogen-bond acceptors (Lipinski definition) is 5. The van der Waals surface area contributed by atoms with Crippen LogP contribution >= 0.6 is 0 Å². The summed E-state index contributed by atoms with van der Waals surface area (Å²) in [5.74, 6) is 0.850. The SMILES string of the molecule is COc1ccccc1N1CCN(C(=O)Nc2ccc3n[nH]nc3c2)[C@H](C)C1. The fraction of sp³-hybridized carbons (Fsp3) is 0.316. The molecule has 2 heterocycles. The number of fused-ring (bicyclic) bond motifs is 1. The highest BCUT2D eigenvalue weighted by Crippen LogP contribution is 2.29. The van der Waals surface area contributed by atoms with Gasteiger partial charge in [0, 0.05) is 31.4 Å². The number of nitrogens with zero attached hydrogens (tertiary/aromatic N) is 4. The average Bonchev–Trinajstić information content (AvgIpc) is 3.15. The number of carbonyl (C=O) groups is 1. The Kier molecular flexibility index (Phi) is 4.53. The number of benzene rings is 2. The lowest BCUT2D eigenvalue weighted by molar-refractivity contribution is 0.184. The lowest BCUT2D eigenvalue weighted by Gasteiger charge is -2.41. The summed E-state index contributed by atoms with van der Waals surface area (Å²) in [6.45, 7) is 4.19. The number of H-pyrrole nitrogens is 1. The first kappa shape index (κ1) is 17.1. The number of amides is 2. The van der Waals surface area contributed by atoms with Crippen molar-refractivity contribution in [3.63, 3.8) is 0 Å². The molecule has 1 atom stereocenters. The van der Waals surface area contributed by atoms with E-state index < -0.39 is 0 Å². The molecule has 1 fully saturated rings. The lowest BCUT2D eigenvalue weighted by atomic mass is 10.1. The predicted octanol–water partition coefficient (Wildman–Crippen LogP) is 2.71. The van der Waals surface area contributed by atoms with Crippen LogP contribution in [0.5, 0.6) is 5.75 Å². The zero-order valence-electron chi connectivity index (χ0n) is 15.3. The first-order chi connectivity index (χ1) is 13.2. The number of aromatic amines is 1. The van der Waals surface area contributed by atoms with Gasteiger partial charge in [0.15, 0.2) is 0 Å². The molecule has 0 spiro atoms. The summed E-state index contributed by atoms with van der Waals surface area (Å²) in [7, 11) is 1.68. The van der Waals surface area contributed by atoms with Crippen LogP contribution in [0, 0.1) is 0 Å². The van der Waals surface area contributed by atoms with Crippen molar-refractivity contribution in [2.24, 2.45) is 0 Å². The van der Waals surface area contributed by atoms with Crippen molar-refractivity contribution in [2.75, 3.05) is 37.0 Å². The maximum atomic E-state index is 12.7. The van der Waals surface area contributed by atoms with Gasteiger partial charge in [-0.05, 0) is 37.3 Å². The number of piperazine rings is 1. The number of aromatic nitrogens is 3. The fourth-order valence-corrected chi connectivity index (χ4v) is 3.48. The molecule has 0 unspecified atom stereocenters. The van der Waals surface area contributed by atoms with Gasteiger partial charge >= 0.3 is 6.03 Å².